The van der Waals surface area contributed by atoms with E-state index >= 15 is 0 Å². The van der Waals surface area contributed by atoms with E-state index in [-0.39, 0.29) is 31.4 Å². The number of hydrogen-bond donors (Lipinski definition) is 0. The maximum atomic E-state index is 10.4. The molecule has 0 bridgehead atoms. The topological polar surface area (TPSA) is 35.5 Å². The van der Waals surface area contributed by atoms with Crippen molar-refractivity contribution in [1.82, 2.24) is 0 Å². The van der Waals surface area contributed by atoms with Gasteiger partial charge in [-0.15, -0.1) is 0 Å². The van der Waals surface area contributed by atoms with Gasteiger partial charge in [0.25, 0.3) is 0 Å². The van der Waals surface area contributed by atoms with Crippen LogP contribution in [-0.4, -0.2) is 18.4 Å². The van der Waals surface area contributed by atoms with Crippen molar-refractivity contribution >= 4 is 6.16 Å². The predicted molar refractivity (Wildman–Crippen MR) is 28.6 cm³/mol. The minimum atomic E-state index is -0.532. The Labute approximate surface area is 77.8 Å². The Balaban J connectivity index is 0.000000500. The minimum Gasteiger partial charge on any atom is -0.460 e. The molecule has 10 heavy (non-hydrogen) atoms. The van der Waals surface area contributed by atoms with Crippen molar-refractivity contribution in [3.63, 3.8) is 0 Å². The molecule has 1 aliphatic heterocycles. The molecule has 1 spiro atoms. The summed E-state index contributed by atoms with van der Waals surface area (Å²) in [7, 11) is 0. The summed E-state index contributed by atoms with van der Waals surface area (Å²) in [5.74, 6) is 0.379. The van der Waals surface area contributed by atoms with Crippen LogP contribution in [0, 0.1) is 12.3 Å². The van der Waals surface area contributed by atoms with E-state index in [0.29, 0.717) is 12.5 Å². The number of hydrogen-bond acceptors (Lipinski definition) is 3. The zero-order chi connectivity index (χ0) is 6.48. The molecule has 1 radical (unpaired) electrons. The van der Waals surface area contributed by atoms with Gasteiger partial charge in [-0.2, -0.15) is 5.92 Å². The first kappa shape index (κ1) is 8.24. The third-order valence-electron chi connectivity index (χ3n) is 1.88. The smallest absolute Gasteiger partial charge is 0.460 e. The molecule has 2 unspecified atom stereocenters. The summed E-state index contributed by atoms with van der Waals surface area (Å²) in [4.78, 5) is 10.4. The van der Waals surface area contributed by atoms with E-state index in [9.17, 15) is 4.79 Å². The molecule has 2 rings (SSSR count). The molecule has 0 aromatic rings. The van der Waals surface area contributed by atoms with Crippen molar-refractivity contribution in [3.8, 4) is 0 Å². The van der Waals surface area contributed by atoms with Gasteiger partial charge < -0.3 is 9.47 Å². The van der Waals surface area contributed by atoms with E-state index in [1.54, 1.807) is 0 Å². The summed E-state index contributed by atoms with van der Waals surface area (Å²) >= 11 is 0. The van der Waals surface area contributed by atoms with Crippen LogP contribution in [0.2, 0.25) is 0 Å². The average Bonchev–Trinajstić information content (AvgIpc) is 2.17. The van der Waals surface area contributed by atoms with E-state index in [0.717, 1.165) is 0 Å². The van der Waals surface area contributed by atoms with Gasteiger partial charge in [0, 0.05) is 31.4 Å². The Morgan fingerprint density at radius 3 is 2.60 bits per heavy atom. The number of cyclic esters (lactones) is 1. The molecule has 1 aliphatic carbocycles. The van der Waals surface area contributed by atoms with Crippen LogP contribution in [0.3, 0.4) is 0 Å². The molecule has 3 nitrogen and oxygen atoms in total. The fraction of sp³-hybridized carbons (Fsp3) is 0.667. The van der Waals surface area contributed by atoms with E-state index < -0.39 is 6.16 Å². The molecule has 53 valence electrons. The van der Waals surface area contributed by atoms with Gasteiger partial charge in [-0.05, 0) is 0 Å². The van der Waals surface area contributed by atoms with Crippen LogP contribution in [0.1, 0.15) is 6.92 Å². The van der Waals surface area contributed by atoms with Gasteiger partial charge in [0.2, 0.25) is 0 Å². The standard InChI is InChI=1S/C6H7O3.Sc/c1-4-2-6(4)3-8-5(7)9-6;/h2,4H,3H2,1H3;/q-1;. The molecule has 1 saturated heterocycles. The zero-order valence-corrected chi connectivity index (χ0v) is 7.47. The van der Waals surface area contributed by atoms with Gasteiger partial charge in [-0.25, -0.2) is 4.79 Å². The van der Waals surface area contributed by atoms with Crippen molar-refractivity contribution in [3.05, 3.63) is 6.42 Å². The molecule has 1 saturated carbocycles. The molecule has 1 heterocycles. The van der Waals surface area contributed by atoms with Crippen molar-refractivity contribution < 1.29 is 40.1 Å². The van der Waals surface area contributed by atoms with E-state index in [2.05, 4.69) is 4.74 Å². The summed E-state index contributed by atoms with van der Waals surface area (Å²) in [5, 5.41) is 0. The monoisotopic (exact) mass is 172 g/mol. The normalized spacial score (nSPS) is 42.1. The maximum absolute atomic E-state index is 10.4. The fourth-order valence-electron chi connectivity index (χ4n) is 1.07. The van der Waals surface area contributed by atoms with Gasteiger partial charge in [0.15, 0.2) is 0 Å². The first-order valence-electron chi connectivity index (χ1n) is 2.95. The van der Waals surface area contributed by atoms with Crippen LogP contribution in [-0.2, 0) is 35.3 Å². The SMILES string of the molecule is CC1[CH-]C12COC(=O)O2.[Sc]. The van der Waals surface area contributed by atoms with E-state index in [1.807, 2.05) is 13.3 Å². The van der Waals surface area contributed by atoms with Crippen molar-refractivity contribution in [2.45, 2.75) is 12.5 Å². The summed E-state index contributed by atoms with van der Waals surface area (Å²) < 4.78 is 9.46. The fourth-order valence-corrected chi connectivity index (χ4v) is 1.07. The largest absolute Gasteiger partial charge is 0.506 e. The van der Waals surface area contributed by atoms with Crippen LogP contribution >= 0.6 is 0 Å². The van der Waals surface area contributed by atoms with Crippen molar-refractivity contribution in [2.24, 2.45) is 5.92 Å². The molecule has 2 atom stereocenters. The zero-order valence-electron chi connectivity index (χ0n) is 5.66. The number of carbonyl (C=O) groups is 1. The second-order valence-corrected chi connectivity index (χ2v) is 2.55. The molecule has 0 N–H and O–H groups in total. The Morgan fingerprint density at radius 2 is 2.40 bits per heavy atom. The average molecular weight is 172 g/mol. The van der Waals surface area contributed by atoms with Gasteiger partial charge in [-0.3, -0.25) is 6.42 Å². The Morgan fingerprint density at radius 1 is 1.80 bits per heavy atom. The van der Waals surface area contributed by atoms with Crippen LogP contribution in [0.25, 0.3) is 0 Å². The van der Waals surface area contributed by atoms with Crippen LogP contribution in [0.5, 0.6) is 0 Å². The second kappa shape index (κ2) is 2.32. The van der Waals surface area contributed by atoms with Gasteiger partial charge in [0.05, 0.1) is 0 Å². The molecule has 2 aliphatic rings. The maximum Gasteiger partial charge on any atom is 0.506 e. The van der Waals surface area contributed by atoms with Crippen molar-refractivity contribution in [2.75, 3.05) is 6.61 Å². The summed E-state index contributed by atoms with van der Waals surface area (Å²) in [6, 6.07) is 0. The second-order valence-electron chi connectivity index (χ2n) is 2.55. The summed E-state index contributed by atoms with van der Waals surface area (Å²) in [6.45, 7) is 2.41. The van der Waals surface area contributed by atoms with Gasteiger partial charge in [0.1, 0.15) is 6.61 Å². The van der Waals surface area contributed by atoms with Crippen molar-refractivity contribution in [1.29, 1.82) is 0 Å². The number of rotatable bonds is 0. The first-order valence-corrected chi connectivity index (χ1v) is 2.95. The number of ether oxygens (including phenoxy) is 2. The van der Waals surface area contributed by atoms with E-state index in [1.165, 1.54) is 0 Å². The van der Waals surface area contributed by atoms with Crippen LogP contribution in [0.15, 0.2) is 0 Å². The molecular formula is C6H7O3Sc-. The summed E-state index contributed by atoms with van der Waals surface area (Å²) in [5.41, 5.74) is -0.322. The molecule has 0 aromatic heterocycles. The quantitative estimate of drug-likeness (QED) is 0.399. The molecule has 0 aromatic carbocycles. The van der Waals surface area contributed by atoms with Crippen LogP contribution < -0.4 is 0 Å². The first-order chi connectivity index (χ1) is 4.23. The molecule has 0 amide bonds. The third-order valence-corrected chi connectivity index (χ3v) is 1.88. The number of carbonyl (C=O) groups excluding carboxylic acids is 1. The Hall–Kier alpha value is 0.140. The van der Waals surface area contributed by atoms with Gasteiger partial charge in [-0.1, -0.05) is 6.92 Å². The molecule has 4 heteroatoms. The molecule has 2 fully saturated rings. The van der Waals surface area contributed by atoms with E-state index in [4.69, 9.17) is 4.74 Å². The predicted octanol–water partition coefficient (Wildman–Crippen LogP) is 0.743. The van der Waals surface area contributed by atoms with Gasteiger partial charge >= 0.3 is 6.16 Å². The Bertz CT molecular complexity index is 170. The van der Waals surface area contributed by atoms with Crippen LogP contribution in [0.4, 0.5) is 4.79 Å². The minimum absolute atomic E-state index is 0. The summed E-state index contributed by atoms with van der Waals surface area (Å²) in [6.07, 6.45) is 1.44. The third kappa shape index (κ3) is 1.02. The molecular weight excluding hydrogens is 165 g/mol. The Kier molecular flexibility index (Phi) is 1.92.